The quantitative estimate of drug-likeness (QED) is 0.496. The monoisotopic (exact) mass is 258 g/mol. The highest BCUT2D eigenvalue weighted by atomic mass is 32.1. The van der Waals surface area contributed by atoms with E-state index in [4.69, 9.17) is 0 Å². The van der Waals surface area contributed by atoms with E-state index >= 15 is 0 Å². The van der Waals surface area contributed by atoms with Crippen LogP contribution in [0.3, 0.4) is 0 Å². The molecule has 0 atom stereocenters. The lowest BCUT2D eigenvalue weighted by molar-refractivity contribution is 0.662. The molecule has 1 aromatic carbocycles. The Morgan fingerprint density at radius 1 is 0.867 bits per heavy atom. The normalized spacial score (nSPS) is 10.7. The van der Waals surface area contributed by atoms with Crippen molar-refractivity contribution in [1.82, 2.24) is 0 Å². The minimum atomic E-state index is 0.903. The second-order valence-corrected chi connectivity index (χ2v) is 5.23. The third-order valence-corrected chi connectivity index (χ3v) is 3.81. The van der Waals surface area contributed by atoms with E-state index < -0.39 is 0 Å². The first kappa shape index (κ1) is 13.3. The fourth-order valence-electron chi connectivity index (χ4n) is 1.55. The summed E-state index contributed by atoms with van der Waals surface area (Å²) in [5.41, 5.74) is 1.29. The van der Waals surface area contributed by atoms with Crippen molar-refractivity contribution in [3.8, 4) is 0 Å². The summed E-state index contributed by atoms with van der Waals surface area (Å²) in [7, 11) is 0. The van der Waals surface area contributed by atoms with Gasteiger partial charge in [-0.3, -0.25) is 0 Å². The molecule has 84 valence electrons. The first-order valence-corrected chi connectivity index (χ1v) is 6.73. The number of hydrogen-bond acceptors (Lipinski definition) is 3. The summed E-state index contributed by atoms with van der Waals surface area (Å²) in [5, 5.41) is 0. The van der Waals surface area contributed by atoms with Crippen LogP contribution in [0.5, 0.6) is 0 Å². The van der Waals surface area contributed by atoms with Gasteiger partial charge in [-0.05, 0) is 30.5 Å². The third-order valence-electron chi connectivity index (χ3n) is 2.48. The lowest BCUT2D eigenvalue weighted by Gasteiger charge is -2.07. The fourth-order valence-corrected chi connectivity index (χ4v) is 2.37. The molecule has 0 N–H and O–H groups in total. The van der Waals surface area contributed by atoms with Crippen LogP contribution in [0.1, 0.15) is 38.2 Å². The van der Waals surface area contributed by atoms with Gasteiger partial charge < -0.3 is 0 Å². The Morgan fingerprint density at radius 2 is 1.53 bits per heavy atom. The van der Waals surface area contributed by atoms with Crippen LogP contribution in [0.4, 0.5) is 0 Å². The molecular weight excluding hydrogens is 240 g/mol. The number of aryl methyl sites for hydroxylation is 1. The number of benzene rings is 1. The maximum Gasteiger partial charge on any atom is 0.0185 e. The highest BCUT2D eigenvalue weighted by Crippen LogP contribution is 2.26. The maximum absolute atomic E-state index is 4.46. The smallest absolute Gasteiger partial charge is 0.0185 e. The topological polar surface area (TPSA) is 0 Å². The molecule has 0 aliphatic carbocycles. The predicted octanol–water partition coefficient (Wildman–Crippen LogP) is 4.68. The second kappa shape index (κ2) is 6.77. The van der Waals surface area contributed by atoms with Crippen molar-refractivity contribution in [3.63, 3.8) is 0 Å². The molecule has 0 spiro atoms. The third kappa shape index (κ3) is 4.33. The van der Waals surface area contributed by atoms with E-state index in [-0.39, 0.29) is 0 Å². The van der Waals surface area contributed by atoms with Crippen molar-refractivity contribution in [2.75, 3.05) is 0 Å². The molecule has 15 heavy (non-hydrogen) atoms. The highest BCUT2D eigenvalue weighted by Gasteiger charge is 2.03. The van der Waals surface area contributed by atoms with Crippen LogP contribution in [0.2, 0.25) is 0 Å². The number of unbranched alkanes of at least 4 members (excludes halogenated alkanes) is 3. The second-order valence-electron chi connectivity index (χ2n) is 3.78. The number of thiol groups is 3. The summed E-state index contributed by atoms with van der Waals surface area (Å²) in [6.45, 7) is 2.23. The van der Waals surface area contributed by atoms with Crippen LogP contribution in [0.15, 0.2) is 26.8 Å². The largest absolute Gasteiger partial charge is 0.143 e. The molecular formula is C12H18S3. The molecule has 1 rings (SSSR count). The minimum absolute atomic E-state index is 0.903. The molecule has 0 unspecified atom stereocenters. The maximum atomic E-state index is 4.46. The van der Waals surface area contributed by atoms with Gasteiger partial charge in [0.05, 0.1) is 0 Å². The summed E-state index contributed by atoms with van der Waals surface area (Å²) in [6, 6.07) is 4.06. The van der Waals surface area contributed by atoms with E-state index in [0.717, 1.165) is 21.1 Å². The Bertz CT molecular complexity index is 321. The summed E-state index contributed by atoms with van der Waals surface area (Å²) in [5.74, 6) is 0. The van der Waals surface area contributed by atoms with E-state index in [2.05, 4.69) is 50.9 Å². The van der Waals surface area contributed by atoms with E-state index in [9.17, 15) is 0 Å². The van der Waals surface area contributed by atoms with E-state index in [1.165, 1.54) is 31.2 Å². The Kier molecular flexibility index (Phi) is 6.02. The predicted molar refractivity (Wildman–Crippen MR) is 76.0 cm³/mol. The van der Waals surface area contributed by atoms with Crippen molar-refractivity contribution in [1.29, 1.82) is 0 Å². The molecule has 3 heteroatoms. The van der Waals surface area contributed by atoms with E-state index in [1.807, 2.05) is 6.07 Å². The van der Waals surface area contributed by atoms with E-state index in [1.54, 1.807) is 0 Å². The molecule has 0 saturated carbocycles. The van der Waals surface area contributed by atoms with Gasteiger partial charge in [0, 0.05) is 14.7 Å². The van der Waals surface area contributed by atoms with Gasteiger partial charge in [0.2, 0.25) is 0 Å². The summed E-state index contributed by atoms with van der Waals surface area (Å²) >= 11 is 13.1. The molecule has 0 nitrogen and oxygen atoms in total. The molecule has 0 radical (unpaired) electrons. The fraction of sp³-hybridized carbons (Fsp3) is 0.500. The molecule has 0 amide bonds. The summed E-state index contributed by atoms with van der Waals surface area (Å²) in [4.78, 5) is 2.89. The standard InChI is InChI=1S/C12H18S3/c1-2-3-4-5-6-9-7-11(14)12(15)8-10(9)13/h7-8,13-15H,2-6H2,1H3. The van der Waals surface area contributed by atoms with Gasteiger partial charge in [0.25, 0.3) is 0 Å². The van der Waals surface area contributed by atoms with E-state index in [0.29, 0.717) is 0 Å². The Balaban J connectivity index is 2.57. The van der Waals surface area contributed by atoms with Gasteiger partial charge in [0.15, 0.2) is 0 Å². The van der Waals surface area contributed by atoms with Gasteiger partial charge in [-0.1, -0.05) is 26.2 Å². The molecule has 0 aromatic heterocycles. The highest BCUT2D eigenvalue weighted by molar-refractivity contribution is 7.83. The zero-order valence-corrected chi connectivity index (χ0v) is 11.7. The van der Waals surface area contributed by atoms with Gasteiger partial charge in [-0.15, -0.1) is 37.9 Å². The van der Waals surface area contributed by atoms with Crippen LogP contribution in [-0.2, 0) is 6.42 Å². The van der Waals surface area contributed by atoms with Crippen molar-refractivity contribution in [2.24, 2.45) is 0 Å². The first-order chi connectivity index (χ1) is 7.15. The number of hydrogen-bond donors (Lipinski definition) is 3. The SMILES string of the molecule is CCCCCCc1cc(S)c(S)cc1S. The molecule has 0 heterocycles. The Hall–Kier alpha value is 0.270. The lowest BCUT2D eigenvalue weighted by Crippen LogP contribution is -1.89. The van der Waals surface area contributed by atoms with Crippen LogP contribution < -0.4 is 0 Å². The van der Waals surface area contributed by atoms with Crippen molar-refractivity contribution < 1.29 is 0 Å². The molecule has 0 fully saturated rings. The zero-order chi connectivity index (χ0) is 11.3. The molecule has 0 bridgehead atoms. The summed E-state index contributed by atoms with van der Waals surface area (Å²) < 4.78 is 0. The summed E-state index contributed by atoms with van der Waals surface area (Å²) in [6.07, 6.45) is 6.23. The Labute approximate surface area is 109 Å². The van der Waals surface area contributed by atoms with Gasteiger partial charge >= 0.3 is 0 Å². The number of rotatable bonds is 5. The van der Waals surface area contributed by atoms with Gasteiger partial charge in [-0.2, -0.15) is 0 Å². The molecule has 0 saturated heterocycles. The van der Waals surface area contributed by atoms with Crippen LogP contribution in [0, 0.1) is 0 Å². The molecule has 1 aromatic rings. The zero-order valence-electron chi connectivity index (χ0n) is 9.03. The lowest BCUT2D eigenvalue weighted by atomic mass is 10.1. The van der Waals surface area contributed by atoms with Crippen molar-refractivity contribution >= 4 is 37.9 Å². The van der Waals surface area contributed by atoms with Crippen LogP contribution in [-0.4, -0.2) is 0 Å². The van der Waals surface area contributed by atoms with Crippen molar-refractivity contribution in [2.45, 2.75) is 53.7 Å². The molecule has 0 aliphatic heterocycles. The first-order valence-electron chi connectivity index (χ1n) is 5.39. The van der Waals surface area contributed by atoms with Gasteiger partial charge in [0.1, 0.15) is 0 Å². The van der Waals surface area contributed by atoms with Crippen LogP contribution >= 0.6 is 37.9 Å². The minimum Gasteiger partial charge on any atom is -0.143 e. The average molecular weight is 258 g/mol. The van der Waals surface area contributed by atoms with Crippen molar-refractivity contribution in [3.05, 3.63) is 17.7 Å². The van der Waals surface area contributed by atoms with Crippen LogP contribution in [0.25, 0.3) is 0 Å². The molecule has 0 aliphatic rings. The average Bonchev–Trinajstić information content (AvgIpc) is 2.20. The Morgan fingerprint density at radius 3 is 2.20 bits per heavy atom. The van der Waals surface area contributed by atoms with Gasteiger partial charge in [-0.25, -0.2) is 0 Å².